The standard InChI is InChI=1S/C7H8N4O4/c1-15-7-5(11(13)14)2-4(3-9-7)6(12)10-8/h2-3H,8H2,1H3,(H,10,12). The van der Waals surface area contributed by atoms with Crippen LogP contribution in [-0.4, -0.2) is 22.9 Å². The number of aromatic nitrogens is 1. The third kappa shape index (κ3) is 2.17. The number of carbonyl (C=O) groups excluding carboxylic acids is 1. The number of nitrogens with two attached hydrogens (primary N) is 1. The lowest BCUT2D eigenvalue weighted by Crippen LogP contribution is -2.30. The molecule has 80 valence electrons. The molecule has 0 bridgehead atoms. The molecule has 8 nitrogen and oxygen atoms in total. The Kier molecular flexibility index (Phi) is 3.13. The number of hydrazine groups is 1. The van der Waals surface area contributed by atoms with Crippen molar-refractivity contribution in [2.24, 2.45) is 5.84 Å². The molecule has 1 heterocycles. The SMILES string of the molecule is COc1ncc(C(=O)NN)cc1[N+](=O)[O-]. The van der Waals surface area contributed by atoms with Gasteiger partial charge >= 0.3 is 5.69 Å². The van der Waals surface area contributed by atoms with Crippen molar-refractivity contribution >= 4 is 11.6 Å². The molecule has 0 atom stereocenters. The molecule has 0 aliphatic heterocycles. The van der Waals surface area contributed by atoms with Crippen LogP contribution in [0.4, 0.5) is 5.69 Å². The second-order valence-corrected chi connectivity index (χ2v) is 2.48. The number of nitrogens with one attached hydrogen (secondary N) is 1. The van der Waals surface area contributed by atoms with Crippen molar-refractivity contribution in [3.05, 3.63) is 27.9 Å². The topological polar surface area (TPSA) is 120 Å². The number of hydrogen-bond acceptors (Lipinski definition) is 6. The second kappa shape index (κ2) is 4.33. The first-order valence-electron chi connectivity index (χ1n) is 3.79. The van der Waals surface area contributed by atoms with Gasteiger partial charge in [0.15, 0.2) is 0 Å². The predicted molar refractivity (Wildman–Crippen MR) is 49.1 cm³/mol. The summed E-state index contributed by atoms with van der Waals surface area (Å²) in [5, 5.41) is 10.6. The summed E-state index contributed by atoms with van der Waals surface area (Å²) in [5.74, 6) is 4.05. The lowest BCUT2D eigenvalue weighted by atomic mass is 10.2. The zero-order valence-electron chi connectivity index (χ0n) is 7.76. The van der Waals surface area contributed by atoms with E-state index in [0.29, 0.717) is 0 Å². The number of carbonyl (C=O) groups is 1. The van der Waals surface area contributed by atoms with Crippen LogP contribution in [0.2, 0.25) is 0 Å². The van der Waals surface area contributed by atoms with Crippen LogP contribution in [-0.2, 0) is 0 Å². The van der Waals surface area contributed by atoms with Gasteiger partial charge in [0, 0.05) is 12.3 Å². The second-order valence-electron chi connectivity index (χ2n) is 2.48. The molecule has 0 saturated heterocycles. The van der Waals surface area contributed by atoms with Crippen molar-refractivity contribution in [2.45, 2.75) is 0 Å². The molecule has 15 heavy (non-hydrogen) atoms. The quantitative estimate of drug-likeness (QED) is 0.304. The zero-order chi connectivity index (χ0) is 11.4. The summed E-state index contributed by atoms with van der Waals surface area (Å²) in [7, 11) is 1.25. The number of amides is 1. The van der Waals surface area contributed by atoms with Crippen molar-refractivity contribution in [2.75, 3.05) is 7.11 Å². The van der Waals surface area contributed by atoms with Gasteiger partial charge in [-0.05, 0) is 0 Å². The molecule has 0 spiro atoms. The van der Waals surface area contributed by atoms with Gasteiger partial charge in [0.1, 0.15) is 0 Å². The van der Waals surface area contributed by atoms with Gasteiger partial charge in [-0.3, -0.25) is 20.3 Å². The smallest absolute Gasteiger partial charge is 0.331 e. The first-order valence-corrected chi connectivity index (χ1v) is 3.79. The zero-order valence-corrected chi connectivity index (χ0v) is 7.76. The van der Waals surface area contributed by atoms with Gasteiger partial charge in [-0.25, -0.2) is 10.8 Å². The molecule has 3 N–H and O–H groups in total. The molecule has 0 aromatic carbocycles. The Hall–Kier alpha value is -2.22. The average Bonchev–Trinajstić information content (AvgIpc) is 2.27. The Balaban J connectivity index is 3.22. The highest BCUT2D eigenvalue weighted by molar-refractivity contribution is 5.94. The van der Waals surface area contributed by atoms with Crippen LogP contribution in [0, 0.1) is 10.1 Å². The minimum atomic E-state index is -0.695. The molecule has 0 saturated carbocycles. The average molecular weight is 212 g/mol. The lowest BCUT2D eigenvalue weighted by Gasteiger charge is -2.02. The van der Waals surface area contributed by atoms with Crippen LogP contribution >= 0.6 is 0 Å². The van der Waals surface area contributed by atoms with E-state index in [-0.39, 0.29) is 11.4 Å². The molecule has 0 fully saturated rings. The van der Waals surface area contributed by atoms with Crippen LogP contribution in [0.25, 0.3) is 0 Å². The summed E-state index contributed by atoms with van der Waals surface area (Å²) in [6.07, 6.45) is 1.13. The van der Waals surface area contributed by atoms with E-state index >= 15 is 0 Å². The molecule has 0 aliphatic rings. The van der Waals surface area contributed by atoms with Crippen LogP contribution in [0.3, 0.4) is 0 Å². The molecular formula is C7H8N4O4. The fourth-order valence-corrected chi connectivity index (χ4v) is 0.936. The van der Waals surface area contributed by atoms with E-state index in [2.05, 4.69) is 9.72 Å². The largest absolute Gasteiger partial charge is 0.476 e. The third-order valence-electron chi connectivity index (χ3n) is 1.62. The number of pyridine rings is 1. The van der Waals surface area contributed by atoms with Crippen molar-refractivity contribution < 1.29 is 14.5 Å². The summed E-state index contributed by atoms with van der Waals surface area (Å²) >= 11 is 0. The monoisotopic (exact) mass is 212 g/mol. The molecule has 1 amide bonds. The van der Waals surface area contributed by atoms with E-state index in [9.17, 15) is 14.9 Å². The first-order chi connectivity index (χ1) is 7.10. The summed E-state index contributed by atoms with van der Waals surface area (Å²) in [4.78, 5) is 24.5. The Bertz CT molecular complexity index is 406. The van der Waals surface area contributed by atoms with Crippen LogP contribution < -0.4 is 16.0 Å². The molecule has 1 rings (SSSR count). The molecule has 0 radical (unpaired) electrons. The minimum Gasteiger partial charge on any atom is -0.476 e. The normalized spacial score (nSPS) is 9.47. The summed E-state index contributed by atoms with van der Waals surface area (Å²) in [6, 6.07) is 1.04. The highest BCUT2D eigenvalue weighted by Gasteiger charge is 2.19. The number of nitrogen functional groups attached to an aromatic ring is 1. The Labute approximate surface area is 84.2 Å². The third-order valence-corrected chi connectivity index (χ3v) is 1.62. The molecule has 1 aromatic heterocycles. The van der Waals surface area contributed by atoms with Crippen LogP contribution in [0.15, 0.2) is 12.3 Å². The highest BCUT2D eigenvalue weighted by atomic mass is 16.6. The Morgan fingerprint density at radius 2 is 2.40 bits per heavy atom. The van der Waals surface area contributed by atoms with Gasteiger partial charge < -0.3 is 4.74 Å². The predicted octanol–water partition coefficient (Wildman–Crippen LogP) is -0.398. The van der Waals surface area contributed by atoms with E-state index < -0.39 is 16.5 Å². The van der Waals surface area contributed by atoms with Crippen molar-refractivity contribution in [1.82, 2.24) is 10.4 Å². The Morgan fingerprint density at radius 3 is 2.87 bits per heavy atom. The van der Waals surface area contributed by atoms with Gasteiger partial charge in [0.05, 0.1) is 17.6 Å². The lowest BCUT2D eigenvalue weighted by molar-refractivity contribution is -0.386. The van der Waals surface area contributed by atoms with E-state index in [4.69, 9.17) is 5.84 Å². The van der Waals surface area contributed by atoms with Crippen LogP contribution in [0.5, 0.6) is 5.88 Å². The van der Waals surface area contributed by atoms with Gasteiger partial charge in [-0.15, -0.1) is 0 Å². The molecular weight excluding hydrogens is 204 g/mol. The Morgan fingerprint density at radius 1 is 1.73 bits per heavy atom. The van der Waals surface area contributed by atoms with Crippen molar-refractivity contribution in [3.8, 4) is 5.88 Å². The van der Waals surface area contributed by atoms with E-state index in [1.54, 1.807) is 0 Å². The summed E-state index contributed by atoms with van der Waals surface area (Å²) in [5.41, 5.74) is 1.44. The van der Waals surface area contributed by atoms with Crippen LogP contribution in [0.1, 0.15) is 10.4 Å². The number of nitro groups is 1. The fourth-order valence-electron chi connectivity index (χ4n) is 0.936. The van der Waals surface area contributed by atoms with E-state index in [1.807, 2.05) is 5.43 Å². The minimum absolute atomic E-state index is 0.00926. The first kappa shape index (κ1) is 10.9. The molecule has 0 aliphatic carbocycles. The molecule has 8 heteroatoms. The van der Waals surface area contributed by atoms with Crippen molar-refractivity contribution in [3.63, 3.8) is 0 Å². The molecule has 1 aromatic rings. The number of ether oxygens (including phenoxy) is 1. The molecule has 0 unspecified atom stereocenters. The maximum atomic E-state index is 11.0. The highest BCUT2D eigenvalue weighted by Crippen LogP contribution is 2.24. The van der Waals surface area contributed by atoms with Gasteiger partial charge in [0.2, 0.25) is 0 Å². The number of methoxy groups -OCH3 is 1. The fraction of sp³-hybridized carbons (Fsp3) is 0.143. The maximum absolute atomic E-state index is 11.0. The van der Waals surface area contributed by atoms with Gasteiger partial charge in [-0.1, -0.05) is 0 Å². The number of rotatable bonds is 3. The number of hydrogen-bond donors (Lipinski definition) is 2. The van der Waals surface area contributed by atoms with E-state index in [0.717, 1.165) is 12.3 Å². The van der Waals surface area contributed by atoms with Gasteiger partial charge in [-0.2, -0.15) is 0 Å². The maximum Gasteiger partial charge on any atom is 0.331 e. The van der Waals surface area contributed by atoms with Gasteiger partial charge in [0.25, 0.3) is 11.8 Å². The van der Waals surface area contributed by atoms with Crippen molar-refractivity contribution in [1.29, 1.82) is 0 Å². The summed E-state index contributed by atoms with van der Waals surface area (Å²) in [6.45, 7) is 0. The van der Waals surface area contributed by atoms with E-state index in [1.165, 1.54) is 7.11 Å². The summed E-state index contributed by atoms with van der Waals surface area (Å²) < 4.78 is 4.66. The number of nitrogens with zero attached hydrogens (tertiary/aromatic N) is 2.